The van der Waals surface area contributed by atoms with Crippen LogP contribution in [-0.4, -0.2) is 42.8 Å². The van der Waals surface area contributed by atoms with Gasteiger partial charge in [-0.15, -0.1) is 0 Å². The van der Waals surface area contributed by atoms with Gasteiger partial charge in [0.25, 0.3) is 0 Å². The number of amides is 1. The van der Waals surface area contributed by atoms with Crippen molar-refractivity contribution in [3.63, 3.8) is 0 Å². The molecule has 0 radical (unpaired) electrons. The van der Waals surface area contributed by atoms with Gasteiger partial charge in [0.15, 0.2) is 0 Å². The van der Waals surface area contributed by atoms with E-state index in [2.05, 4.69) is 43.5 Å². The Morgan fingerprint density at radius 2 is 1.68 bits per heavy atom. The van der Waals surface area contributed by atoms with Crippen molar-refractivity contribution in [2.75, 3.05) is 32.3 Å². The highest BCUT2D eigenvalue weighted by Crippen LogP contribution is 2.39. The Morgan fingerprint density at radius 1 is 0.947 bits per heavy atom. The van der Waals surface area contributed by atoms with Crippen LogP contribution in [0, 0.1) is 0 Å². The minimum absolute atomic E-state index is 0.0374. The number of benzene rings is 3. The van der Waals surface area contributed by atoms with Gasteiger partial charge in [-0.3, -0.25) is 4.79 Å². The van der Waals surface area contributed by atoms with Crippen molar-refractivity contribution in [3.8, 4) is 17.2 Å². The molecule has 0 saturated carbocycles. The molecule has 38 heavy (non-hydrogen) atoms. The van der Waals surface area contributed by atoms with Crippen molar-refractivity contribution in [1.29, 1.82) is 0 Å². The minimum Gasteiger partial charge on any atom is -0.497 e. The van der Waals surface area contributed by atoms with Crippen molar-refractivity contribution in [2.24, 2.45) is 0 Å². The molecule has 7 heteroatoms. The maximum atomic E-state index is 13.2. The van der Waals surface area contributed by atoms with Gasteiger partial charge in [-0.05, 0) is 47.4 Å². The number of fused-ring (bicyclic) bond motifs is 1. The molecule has 1 aliphatic heterocycles. The van der Waals surface area contributed by atoms with Crippen molar-refractivity contribution in [3.05, 3.63) is 78.1 Å². The van der Waals surface area contributed by atoms with E-state index >= 15 is 0 Å². The van der Waals surface area contributed by atoms with Gasteiger partial charge in [0, 0.05) is 24.9 Å². The molecule has 5 rings (SSSR count). The molecule has 0 aliphatic carbocycles. The first-order valence-corrected chi connectivity index (χ1v) is 13.0. The summed E-state index contributed by atoms with van der Waals surface area (Å²) in [7, 11) is 3.23. The van der Waals surface area contributed by atoms with Crippen molar-refractivity contribution >= 4 is 22.6 Å². The van der Waals surface area contributed by atoms with Crippen molar-refractivity contribution in [2.45, 2.75) is 45.1 Å². The van der Waals surface area contributed by atoms with E-state index in [4.69, 9.17) is 19.2 Å². The number of anilines is 1. The Balaban J connectivity index is 1.38. The van der Waals surface area contributed by atoms with Crippen LogP contribution < -0.4 is 19.1 Å². The van der Waals surface area contributed by atoms with E-state index in [-0.39, 0.29) is 17.2 Å². The molecule has 3 aromatic carbocycles. The third kappa shape index (κ3) is 5.05. The fourth-order valence-corrected chi connectivity index (χ4v) is 5.07. The fourth-order valence-electron chi connectivity index (χ4n) is 5.07. The Morgan fingerprint density at radius 3 is 2.39 bits per heavy atom. The highest BCUT2D eigenvalue weighted by atomic mass is 16.5. The number of rotatable bonds is 8. The number of imidazole rings is 1. The van der Waals surface area contributed by atoms with E-state index in [1.807, 2.05) is 48.5 Å². The summed E-state index contributed by atoms with van der Waals surface area (Å²) in [6, 6.07) is 21.9. The Hall–Kier alpha value is -4.00. The SMILES string of the molecule is COc1ccc(OC)c(N2CC(c3nc4ccccc4n3CCOc3ccc(C(C)(C)C)cc3)CC2=O)c1. The van der Waals surface area contributed by atoms with Crippen LogP contribution in [0.4, 0.5) is 5.69 Å². The Labute approximate surface area is 224 Å². The second kappa shape index (κ2) is 10.4. The summed E-state index contributed by atoms with van der Waals surface area (Å²) < 4.78 is 19.3. The molecule has 1 fully saturated rings. The number of carbonyl (C=O) groups is 1. The number of para-hydroxylation sites is 2. The molecule has 1 aromatic heterocycles. The predicted octanol–water partition coefficient (Wildman–Crippen LogP) is 5.95. The second-order valence-electron chi connectivity index (χ2n) is 10.7. The van der Waals surface area contributed by atoms with Crippen molar-refractivity contribution < 1.29 is 19.0 Å². The van der Waals surface area contributed by atoms with Crippen LogP contribution in [0.25, 0.3) is 11.0 Å². The number of hydrogen-bond acceptors (Lipinski definition) is 5. The summed E-state index contributed by atoms with van der Waals surface area (Å²) in [6.45, 7) is 8.25. The lowest BCUT2D eigenvalue weighted by Gasteiger charge is -2.21. The average Bonchev–Trinajstić information content (AvgIpc) is 3.48. The van der Waals surface area contributed by atoms with Gasteiger partial charge < -0.3 is 23.7 Å². The summed E-state index contributed by atoms with van der Waals surface area (Å²) in [5, 5.41) is 0. The van der Waals surface area contributed by atoms with E-state index < -0.39 is 0 Å². The lowest BCUT2D eigenvalue weighted by molar-refractivity contribution is -0.117. The quantitative estimate of drug-likeness (QED) is 0.291. The summed E-state index contributed by atoms with van der Waals surface area (Å²) in [6.07, 6.45) is 0.374. The number of hydrogen-bond donors (Lipinski definition) is 0. The Bertz CT molecular complexity index is 1440. The number of ether oxygens (including phenoxy) is 3. The van der Waals surface area contributed by atoms with Crippen LogP contribution in [0.15, 0.2) is 66.7 Å². The lowest BCUT2D eigenvalue weighted by Crippen LogP contribution is -2.25. The van der Waals surface area contributed by atoms with Gasteiger partial charge >= 0.3 is 0 Å². The zero-order valence-electron chi connectivity index (χ0n) is 22.7. The van der Waals surface area contributed by atoms with E-state index in [1.165, 1.54) is 5.56 Å². The molecule has 1 unspecified atom stereocenters. The summed E-state index contributed by atoms with van der Waals surface area (Å²) >= 11 is 0. The monoisotopic (exact) mass is 513 g/mol. The van der Waals surface area contributed by atoms with E-state index in [9.17, 15) is 4.79 Å². The lowest BCUT2D eigenvalue weighted by atomic mass is 9.87. The zero-order chi connectivity index (χ0) is 26.9. The first kappa shape index (κ1) is 25.6. The largest absolute Gasteiger partial charge is 0.497 e. The predicted molar refractivity (Wildman–Crippen MR) is 150 cm³/mol. The third-order valence-corrected chi connectivity index (χ3v) is 7.16. The Kier molecular flexibility index (Phi) is 7.02. The van der Waals surface area contributed by atoms with E-state index in [0.29, 0.717) is 43.3 Å². The normalized spacial score (nSPS) is 15.8. The van der Waals surface area contributed by atoms with E-state index in [0.717, 1.165) is 22.6 Å². The standard InChI is InChI=1S/C31H35N3O4/c1-31(2,3)22-10-12-23(13-11-22)38-17-16-33-26-9-7-6-8-25(26)32-30(33)21-18-29(35)34(20-21)27-19-24(36-4)14-15-28(27)37-5/h6-15,19,21H,16-18,20H2,1-5H3. The molecule has 198 valence electrons. The number of carbonyl (C=O) groups excluding carboxylic acids is 1. The van der Waals surface area contributed by atoms with Crippen LogP contribution in [0.3, 0.4) is 0 Å². The zero-order valence-corrected chi connectivity index (χ0v) is 22.7. The molecular weight excluding hydrogens is 478 g/mol. The van der Waals surface area contributed by atoms with Gasteiger partial charge in [-0.25, -0.2) is 4.98 Å². The first-order chi connectivity index (χ1) is 18.3. The highest BCUT2D eigenvalue weighted by molar-refractivity contribution is 5.98. The molecular formula is C31H35N3O4. The molecule has 2 heterocycles. The average molecular weight is 514 g/mol. The number of nitrogens with zero attached hydrogens (tertiary/aromatic N) is 3. The maximum absolute atomic E-state index is 13.2. The van der Waals surface area contributed by atoms with Crippen LogP contribution in [0.1, 0.15) is 44.5 Å². The van der Waals surface area contributed by atoms with Crippen LogP contribution in [0.5, 0.6) is 17.2 Å². The number of aromatic nitrogens is 2. The van der Waals surface area contributed by atoms with Crippen molar-refractivity contribution in [1.82, 2.24) is 9.55 Å². The molecule has 1 aliphatic rings. The number of methoxy groups -OCH3 is 2. The van der Waals surface area contributed by atoms with E-state index in [1.54, 1.807) is 19.1 Å². The molecule has 0 spiro atoms. The maximum Gasteiger partial charge on any atom is 0.227 e. The molecule has 0 N–H and O–H groups in total. The topological polar surface area (TPSA) is 65.8 Å². The highest BCUT2D eigenvalue weighted by Gasteiger charge is 2.36. The van der Waals surface area contributed by atoms with Gasteiger partial charge in [0.1, 0.15) is 29.7 Å². The second-order valence-corrected chi connectivity index (χ2v) is 10.7. The van der Waals surface area contributed by atoms with Gasteiger partial charge in [0.2, 0.25) is 5.91 Å². The molecule has 1 amide bonds. The van der Waals surface area contributed by atoms with Crippen LogP contribution in [0.2, 0.25) is 0 Å². The smallest absolute Gasteiger partial charge is 0.227 e. The summed E-state index contributed by atoms with van der Waals surface area (Å²) in [5.74, 6) is 3.04. The molecule has 7 nitrogen and oxygen atoms in total. The molecule has 0 bridgehead atoms. The minimum atomic E-state index is -0.0584. The molecule has 4 aromatic rings. The van der Waals surface area contributed by atoms with Gasteiger partial charge in [-0.2, -0.15) is 0 Å². The summed E-state index contributed by atoms with van der Waals surface area (Å²) in [4.78, 5) is 20.0. The van der Waals surface area contributed by atoms with Crippen LogP contribution >= 0.6 is 0 Å². The van der Waals surface area contributed by atoms with Gasteiger partial charge in [0.05, 0.1) is 37.5 Å². The first-order valence-electron chi connectivity index (χ1n) is 13.0. The molecule has 1 atom stereocenters. The van der Waals surface area contributed by atoms with Gasteiger partial charge in [-0.1, -0.05) is 45.0 Å². The fraction of sp³-hybridized carbons (Fsp3) is 0.355. The molecule has 1 saturated heterocycles. The summed E-state index contributed by atoms with van der Waals surface area (Å²) in [5.41, 5.74) is 4.05. The van der Waals surface area contributed by atoms with Crippen LogP contribution in [-0.2, 0) is 16.8 Å². The third-order valence-electron chi connectivity index (χ3n) is 7.16.